The summed E-state index contributed by atoms with van der Waals surface area (Å²) in [5, 5.41) is 6.10. The van der Waals surface area contributed by atoms with Crippen molar-refractivity contribution in [3.63, 3.8) is 0 Å². The number of hydrogen-bond acceptors (Lipinski definition) is 8. The highest BCUT2D eigenvalue weighted by Crippen LogP contribution is 2.39. The molecule has 166 valence electrons. The summed E-state index contributed by atoms with van der Waals surface area (Å²) in [6.07, 6.45) is 1.99. The fourth-order valence-corrected chi connectivity index (χ4v) is 5.39. The molecule has 32 heavy (non-hydrogen) atoms. The lowest BCUT2D eigenvalue weighted by atomic mass is 10.2. The van der Waals surface area contributed by atoms with E-state index in [-0.39, 0.29) is 23.0 Å². The summed E-state index contributed by atoms with van der Waals surface area (Å²) in [6.45, 7) is 0.537. The molecule has 0 spiro atoms. The average molecular weight is 550 g/mol. The number of carbonyl (C=O) groups excluding carboxylic acids is 1. The Kier molecular flexibility index (Phi) is 8.75. The monoisotopic (exact) mass is 548 g/mol. The van der Waals surface area contributed by atoms with Gasteiger partial charge in [-0.05, 0) is 42.2 Å². The number of anilines is 2. The van der Waals surface area contributed by atoms with E-state index in [2.05, 4.69) is 5.32 Å². The Morgan fingerprint density at radius 3 is 2.56 bits per heavy atom. The summed E-state index contributed by atoms with van der Waals surface area (Å²) in [5.41, 5.74) is 3.85. The summed E-state index contributed by atoms with van der Waals surface area (Å²) in [5.74, 6) is 0.488. The Bertz CT molecular complexity index is 1160. The maximum absolute atomic E-state index is 11.9. The van der Waals surface area contributed by atoms with Gasteiger partial charge in [-0.1, -0.05) is 30.3 Å². The molecule has 0 amide bonds. The molecule has 0 aliphatic heterocycles. The number of halogens is 1. The van der Waals surface area contributed by atoms with Crippen molar-refractivity contribution in [3.8, 4) is 17.0 Å². The van der Waals surface area contributed by atoms with Gasteiger partial charge in [0, 0.05) is 16.6 Å². The predicted molar refractivity (Wildman–Crippen MR) is 139 cm³/mol. The van der Waals surface area contributed by atoms with Gasteiger partial charge in [0.2, 0.25) is 0 Å². The number of esters is 1. The summed E-state index contributed by atoms with van der Waals surface area (Å²) in [6, 6.07) is 19.7. The smallest absolute Gasteiger partial charge is 0.348 e. The van der Waals surface area contributed by atoms with Crippen LogP contribution in [-0.2, 0) is 11.3 Å². The topological polar surface area (TPSA) is 60.5 Å². The van der Waals surface area contributed by atoms with E-state index in [0.29, 0.717) is 11.5 Å². The molecule has 2 aromatic heterocycles. The van der Waals surface area contributed by atoms with Crippen molar-refractivity contribution in [2.45, 2.75) is 10.8 Å². The Hall–Kier alpha value is -2.33. The molecular formula is C23H21BrN2O3S3. The van der Waals surface area contributed by atoms with E-state index >= 15 is 0 Å². The molecule has 0 aliphatic carbocycles. The van der Waals surface area contributed by atoms with E-state index in [1.807, 2.05) is 72.3 Å². The molecule has 0 saturated heterocycles. The van der Waals surface area contributed by atoms with Gasteiger partial charge in [0.15, 0.2) is 5.13 Å². The van der Waals surface area contributed by atoms with Crippen LogP contribution in [0.25, 0.3) is 11.3 Å². The number of ether oxygens (including phenoxy) is 2. The Morgan fingerprint density at radius 2 is 1.88 bits per heavy atom. The first-order valence-corrected chi connectivity index (χ1v) is 12.3. The van der Waals surface area contributed by atoms with E-state index < -0.39 is 0 Å². The number of carbonyl (C=O) groups is 1. The number of benzene rings is 2. The van der Waals surface area contributed by atoms with Crippen LogP contribution in [0, 0.1) is 0 Å². The van der Waals surface area contributed by atoms with Crippen LogP contribution in [0.5, 0.6) is 5.75 Å². The predicted octanol–water partition coefficient (Wildman–Crippen LogP) is 7.28. The van der Waals surface area contributed by atoms with Crippen molar-refractivity contribution in [2.24, 2.45) is 0 Å². The fourth-order valence-electron chi connectivity index (χ4n) is 2.86. The van der Waals surface area contributed by atoms with Crippen LogP contribution in [-0.4, -0.2) is 24.3 Å². The molecule has 0 saturated carbocycles. The summed E-state index contributed by atoms with van der Waals surface area (Å²) < 4.78 is 11.7. The second-order valence-corrected chi connectivity index (χ2v) is 9.45. The average Bonchev–Trinajstić information content (AvgIpc) is 3.45. The lowest BCUT2D eigenvalue weighted by molar-refractivity contribution is 0.0606. The van der Waals surface area contributed by atoms with Crippen LogP contribution in [0.4, 0.5) is 10.8 Å². The molecule has 4 aromatic rings. The van der Waals surface area contributed by atoms with E-state index in [1.54, 1.807) is 11.8 Å². The number of aromatic nitrogens is 1. The van der Waals surface area contributed by atoms with Crippen molar-refractivity contribution in [1.29, 1.82) is 0 Å². The Morgan fingerprint density at radius 1 is 1.12 bits per heavy atom. The zero-order valence-electron chi connectivity index (χ0n) is 17.4. The van der Waals surface area contributed by atoms with Crippen LogP contribution in [0.2, 0.25) is 0 Å². The van der Waals surface area contributed by atoms with Gasteiger partial charge in [0.05, 0.1) is 17.0 Å². The number of hydrogen-bond donors (Lipinski definition) is 1. The minimum atomic E-state index is -0.324. The van der Waals surface area contributed by atoms with Gasteiger partial charge < -0.3 is 14.8 Å². The zero-order chi connectivity index (χ0) is 21.6. The molecule has 5 nitrogen and oxygen atoms in total. The number of nitrogens with one attached hydrogen (secondary N) is 1. The molecule has 0 fully saturated rings. The number of nitrogens with zero attached hydrogens (tertiary/aromatic N) is 1. The summed E-state index contributed by atoms with van der Waals surface area (Å²) >= 11 is 4.54. The first kappa shape index (κ1) is 24.3. The first-order valence-electron chi connectivity index (χ1n) is 9.42. The standard InChI is InChI=1S/C23H20N2O3S3.BrH/c1-27-21(26)20-12-18(22(29-2)31-20)19-14-30-23(25-19)24-16-8-10-17(11-9-16)28-13-15-6-4-3-5-7-15;/h3-12,14H,13H2,1-2H3,(H,24,25);1H. The maximum Gasteiger partial charge on any atom is 0.348 e. The lowest BCUT2D eigenvalue weighted by Gasteiger charge is -2.08. The molecule has 2 aromatic carbocycles. The van der Waals surface area contributed by atoms with Crippen molar-refractivity contribution in [2.75, 3.05) is 18.7 Å². The molecule has 0 aliphatic rings. The SMILES string of the molecule is Br.COC(=O)c1cc(-c2csc(Nc3ccc(OCc4ccccc4)cc3)n2)c(SC)s1. The van der Waals surface area contributed by atoms with Crippen molar-refractivity contribution >= 4 is 68.2 Å². The van der Waals surface area contributed by atoms with Gasteiger partial charge in [-0.3, -0.25) is 0 Å². The minimum absolute atomic E-state index is 0. The van der Waals surface area contributed by atoms with Crippen LogP contribution in [0.3, 0.4) is 0 Å². The Labute approximate surface area is 209 Å². The molecular weight excluding hydrogens is 528 g/mol. The van der Waals surface area contributed by atoms with Gasteiger partial charge in [-0.2, -0.15) is 0 Å². The minimum Gasteiger partial charge on any atom is -0.489 e. The third-order valence-corrected chi connectivity index (χ3v) is 7.41. The number of thiazole rings is 1. The summed E-state index contributed by atoms with van der Waals surface area (Å²) in [7, 11) is 1.39. The van der Waals surface area contributed by atoms with Crippen LogP contribution < -0.4 is 10.1 Å². The van der Waals surface area contributed by atoms with Crippen LogP contribution >= 0.6 is 51.4 Å². The normalized spacial score (nSPS) is 10.3. The molecule has 2 heterocycles. The quantitative estimate of drug-likeness (QED) is 0.184. The molecule has 0 bridgehead atoms. The highest BCUT2D eigenvalue weighted by atomic mass is 79.9. The first-order chi connectivity index (χ1) is 15.2. The van der Waals surface area contributed by atoms with Gasteiger partial charge in [-0.25, -0.2) is 9.78 Å². The highest BCUT2D eigenvalue weighted by Gasteiger charge is 2.18. The van der Waals surface area contributed by atoms with E-state index in [0.717, 1.165) is 37.6 Å². The maximum atomic E-state index is 11.9. The van der Waals surface area contributed by atoms with Crippen LogP contribution in [0.1, 0.15) is 15.2 Å². The van der Waals surface area contributed by atoms with E-state index in [1.165, 1.54) is 29.8 Å². The van der Waals surface area contributed by atoms with Crippen molar-refractivity contribution in [1.82, 2.24) is 4.98 Å². The van der Waals surface area contributed by atoms with Gasteiger partial charge in [-0.15, -0.1) is 51.4 Å². The van der Waals surface area contributed by atoms with E-state index in [9.17, 15) is 4.79 Å². The highest BCUT2D eigenvalue weighted by molar-refractivity contribution is 8.93. The molecule has 0 unspecified atom stereocenters. The second kappa shape index (κ2) is 11.5. The molecule has 4 rings (SSSR count). The molecule has 9 heteroatoms. The molecule has 0 atom stereocenters. The van der Waals surface area contributed by atoms with E-state index in [4.69, 9.17) is 14.5 Å². The van der Waals surface area contributed by atoms with Gasteiger partial charge in [0.1, 0.15) is 17.2 Å². The van der Waals surface area contributed by atoms with Gasteiger partial charge in [0.25, 0.3) is 0 Å². The van der Waals surface area contributed by atoms with Crippen molar-refractivity contribution in [3.05, 3.63) is 76.5 Å². The number of thiophene rings is 1. The van der Waals surface area contributed by atoms with Crippen molar-refractivity contribution < 1.29 is 14.3 Å². The third-order valence-electron chi connectivity index (χ3n) is 4.40. The number of methoxy groups -OCH3 is 1. The third kappa shape index (κ3) is 5.92. The molecule has 1 N–H and O–H groups in total. The lowest BCUT2D eigenvalue weighted by Crippen LogP contribution is -1.96. The zero-order valence-corrected chi connectivity index (χ0v) is 21.5. The number of thioether (sulfide) groups is 1. The largest absolute Gasteiger partial charge is 0.489 e. The number of rotatable bonds is 8. The summed E-state index contributed by atoms with van der Waals surface area (Å²) in [4.78, 5) is 17.1. The molecule has 0 radical (unpaired) electrons. The fraction of sp³-hybridized carbons (Fsp3) is 0.130. The Balaban J connectivity index is 0.00000289. The second-order valence-electron chi connectivity index (χ2n) is 6.47. The van der Waals surface area contributed by atoms with Crippen LogP contribution in [0.15, 0.2) is 70.3 Å². The van der Waals surface area contributed by atoms with Gasteiger partial charge >= 0.3 is 5.97 Å².